The predicted molar refractivity (Wildman–Crippen MR) is 88.1 cm³/mol. The van der Waals surface area contributed by atoms with Gasteiger partial charge in [-0.15, -0.1) is 16.4 Å². The second-order valence-electron chi connectivity index (χ2n) is 5.50. The normalized spacial score (nSPS) is 15.1. The van der Waals surface area contributed by atoms with Crippen LogP contribution >= 0.6 is 11.3 Å². The van der Waals surface area contributed by atoms with Gasteiger partial charge >= 0.3 is 0 Å². The summed E-state index contributed by atoms with van der Waals surface area (Å²) in [5.41, 5.74) is 0.800. The molecule has 1 aliphatic rings. The molecule has 1 fully saturated rings. The van der Waals surface area contributed by atoms with Gasteiger partial charge in [-0.1, -0.05) is 11.3 Å². The fourth-order valence-electron chi connectivity index (χ4n) is 2.48. The number of hydrogen-bond donors (Lipinski definition) is 0. The summed E-state index contributed by atoms with van der Waals surface area (Å²) in [5.74, 6) is 0.0285. The number of aromatic nitrogens is 6. The lowest BCUT2D eigenvalue weighted by atomic mass is 10.1. The van der Waals surface area contributed by atoms with Crippen LogP contribution in [0.3, 0.4) is 0 Å². The molecule has 0 saturated carbocycles. The number of thiophene rings is 1. The molecule has 0 aromatic carbocycles. The minimum atomic E-state index is 0.0285. The molecule has 0 radical (unpaired) electrons. The third-order valence-electron chi connectivity index (χ3n) is 3.81. The summed E-state index contributed by atoms with van der Waals surface area (Å²) in [6.45, 7) is 1.79. The maximum absolute atomic E-state index is 12.1. The molecular weight excluding hydrogens is 326 g/mol. The first-order valence-electron chi connectivity index (χ1n) is 7.53. The highest BCUT2D eigenvalue weighted by Gasteiger charge is 2.31. The molecule has 4 heterocycles. The first kappa shape index (κ1) is 14.8. The third-order valence-corrected chi connectivity index (χ3v) is 4.65. The smallest absolute Gasteiger partial charge is 0.246 e. The van der Waals surface area contributed by atoms with Crippen LogP contribution in [0, 0.1) is 0 Å². The average molecular weight is 341 g/mol. The molecule has 3 aromatic heterocycles. The van der Waals surface area contributed by atoms with Gasteiger partial charge in [-0.25, -0.2) is 4.68 Å². The summed E-state index contributed by atoms with van der Waals surface area (Å²) >= 11 is 1.61. The van der Waals surface area contributed by atoms with Crippen LogP contribution in [0.4, 0.5) is 0 Å². The second kappa shape index (κ2) is 6.36. The molecule has 0 unspecified atom stereocenters. The van der Waals surface area contributed by atoms with Crippen molar-refractivity contribution in [3.05, 3.63) is 52.8 Å². The summed E-state index contributed by atoms with van der Waals surface area (Å²) in [4.78, 5) is 16.5. The van der Waals surface area contributed by atoms with E-state index in [1.165, 1.54) is 0 Å². The Balaban J connectivity index is 1.31. The lowest BCUT2D eigenvalue weighted by Crippen LogP contribution is -2.50. The van der Waals surface area contributed by atoms with Gasteiger partial charge in [0.15, 0.2) is 0 Å². The van der Waals surface area contributed by atoms with Crippen molar-refractivity contribution in [3.63, 3.8) is 0 Å². The van der Waals surface area contributed by atoms with Crippen molar-refractivity contribution >= 4 is 23.3 Å². The van der Waals surface area contributed by atoms with Gasteiger partial charge in [0.1, 0.15) is 12.2 Å². The SMILES string of the molecule is O=C(/C=C/c1cccs1)N1CC(n2cc(Cn3nccn3)nn2)C1. The highest BCUT2D eigenvalue weighted by Crippen LogP contribution is 2.21. The van der Waals surface area contributed by atoms with Gasteiger partial charge in [0.05, 0.1) is 24.6 Å². The summed E-state index contributed by atoms with van der Waals surface area (Å²) in [5, 5.41) is 18.4. The molecule has 0 bridgehead atoms. The zero-order chi connectivity index (χ0) is 16.4. The van der Waals surface area contributed by atoms with Gasteiger partial charge < -0.3 is 4.90 Å². The third kappa shape index (κ3) is 3.11. The average Bonchev–Trinajstić information content (AvgIpc) is 3.27. The Bertz CT molecular complexity index is 831. The molecule has 0 N–H and O–H groups in total. The molecule has 0 spiro atoms. The number of carbonyl (C=O) groups is 1. The molecule has 9 heteroatoms. The van der Waals surface area contributed by atoms with Crippen LogP contribution in [-0.2, 0) is 11.3 Å². The molecule has 1 aliphatic heterocycles. The second-order valence-corrected chi connectivity index (χ2v) is 6.47. The van der Waals surface area contributed by atoms with Gasteiger partial charge in [0.2, 0.25) is 5.91 Å². The Labute approximate surface area is 142 Å². The first-order chi connectivity index (χ1) is 11.8. The summed E-state index contributed by atoms with van der Waals surface area (Å²) in [6, 6.07) is 4.13. The number of likely N-dealkylation sites (tertiary alicyclic amines) is 1. The van der Waals surface area contributed by atoms with Crippen molar-refractivity contribution in [2.24, 2.45) is 0 Å². The van der Waals surface area contributed by atoms with Gasteiger partial charge in [-0.05, 0) is 17.5 Å². The summed E-state index contributed by atoms with van der Waals surface area (Å²) in [7, 11) is 0. The van der Waals surface area contributed by atoms with Gasteiger partial charge in [-0.2, -0.15) is 15.0 Å². The number of rotatable bonds is 5. The van der Waals surface area contributed by atoms with Crippen molar-refractivity contribution in [2.75, 3.05) is 13.1 Å². The first-order valence-corrected chi connectivity index (χ1v) is 8.41. The summed E-state index contributed by atoms with van der Waals surface area (Å²) in [6.07, 6.45) is 8.62. The van der Waals surface area contributed by atoms with E-state index < -0.39 is 0 Å². The van der Waals surface area contributed by atoms with Crippen LogP contribution in [0.5, 0.6) is 0 Å². The zero-order valence-electron chi connectivity index (χ0n) is 12.8. The number of carbonyl (C=O) groups excluding carboxylic acids is 1. The van der Waals surface area contributed by atoms with Crippen LogP contribution in [-0.4, -0.2) is 53.9 Å². The van der Waals surface area contributed by atoms with Crippen LogP contribution in [0.25, 0.3) is 6.08 Å². The predicted octanol–water partition coefficient (Wildman–Crippen LogP) is 1.08. The van der Waals surface area contributed by atoms with E-state index >= 15 is 0 Å². The highest BCUT2D eigenvalue weighted by molar-refractivity contribution is 7.10. The number of nitrogens with zero attached hydrogens (tertiary/aromatic N) is 7. The maximum Gasteiger partial charge on any atom is 0.246 e. The molecule has 1 amide bonds. The zero-order valence-corrected chi connectivity index (χ0v) is 13.6. The van der Waals surface area contributed by atoms with Gasteiger partial charge in [0, 0.05) is 24.0 Å². The van der Waals surface area contributed by atoms with E-state index in [0.717, 1.165) is 10.6 Å². The Morgan fingerprint density at radius 1 is 1.33 bits per heavy atom. The van der Waals surface area contributed by atoms with E-state index in [2.05, 4.69) is 20.5 Å². The Morgan fingerprint density at radius 2 is 2.17 bits per heavy atom. The van der Waals surface area contributed by atoms with E-state index in [4.69, 9.17) is 0 Å². The Morgan fingerprint density at radius 3 is 2.92 bits per heavy atom. The van der Waals surface area contributed by atoms with E-state index in [9.17, 15) is 4.79 Å². The van der Waals surface area contributed by atoms with E-state index in [-0.39, 0.29) is 11.9 Å². The molecule has 0 atom stereocenters. The van der Waals surface area contributed by atoms with Crippen molar-refractivity contribution in [3.8, 4) is 0 Å². The molecule has 24 heavy (non-hydrogen) atoms. The van der Waals surface area contributed by atoms with E-state index in [0.29, 0.717) is 19.6 Å². The van der Waals surface area contributed by atoms with Crippen molar-refractivity contribution in [1.82, 2.24) is 34.9 Å². The Kier molecular flexibility index (Phi) is 3.91. The van der Waals surface area contributed by atoms with Crippen molar-refractivity contribution in [1.29, 1.82) is 0 Å². The molecular formula is C15H15N7OS. The van der Waals surface area contributed by atoms with E-state index in [1.54, 1.807) is 39.5 Å². The maximum atomic E-state index is 12.1. The van der Waals surface area contributed by atoms with Crippen LogP contribution < -0.4 is 0 Å². The molecule has 0 aliphatic carbocycles. The molecule has 3 aromatic rings. The van der Waals surface area contributed by atoms with Crippen molar-refractivity contribution in [2.45, 2.75) is 12.6 Å². The molecule has 8 nitrogen and oxygen atoms in total. The molecule has 4 rings (SSSR count). The van der Waals surface area contributed by atoms with Gasteiger partial charge in [0.25, 0.3) is 0 Å². The van der Waals surface area contributed by atoms with E-state index in [1.807, 2.05) is 34.5 Å². The topological polar surface area (TPSA) is 81.7 Å². The molecule has 1 saturated heterocycles. The lowest BCUT2D eigenvalue weighted by molar-refractivity contribution is -0.131. The number of amides is 1. The quantitative estimate of drug-likeness (QED) is 0.649. The number of hydrogen-bond acceptors (Lipinski definition) is 6. The fraction of sp³-hybridized carbons (Fsp3) is 0.267. The Hall–Kier alpha value is -2.81. The largest absolute Gasteiger partial charge is 0.335 e. The van der Waals surface area contributed by atoms with Gasteiger partial charge in [-0.3, -0.25) is 4.79 Å². The van der Waals surface area contributed by atoms with Crippen molar-refractivity contribution < 1.29 is 4.79 Å². The fourth-order valence-corrected chi connectivity index (χ4v) is 3.10. The van der Waals surface area contributed by atoms with Crippen LogP contribution in [0.2, 0.25) is 0 Å². The minimum absolute atomic E-state index is 0.0285. The monoisotopic (exact) mass is 341 g/mol. The summed E-state index contributed by atoms with van der Waals surface area (Å²) < 4.78 is 1.81. The van der Waals surface area contributed by atoms with Crippen LogP contribution in [0.15, 0.2) is 42.2 Å². The lowest BCUT2D eigenvalue weighted by Gasteiger charge is -2.38. The van der Waals surface area contributed by atoms with Crippen LogP contribution in [0.1, 0.15) is 16.6 Å². The minimum Gasteiger partial charge on any atom is -0.335 e. The highest BCUT2D eigenvalue weighted by atomic mass is 32.1. The standard InChI is InChI=1S/C15H15N7OS/c23-15(4-3-14-2-1-7-24-14)20-10-13(11-20)21-8-12(18-19-21)9-22-16-5-6-17-22/h1-8,13H,9-11H2/b4-3+. The molecule has 122 valence electrons.